The van der Waals surface area contributed by atoms with Crippen LogP contribution in [0.5, 0.6) is 5.75 Å². The molecule has 0 bridgehead atoms. The molecule has 0 radical (unpaired) electrons. The van der Waals surface area contributed by atoms with Crippen LogP contribution in [0.3, 0.4) is 0 Å². The second kappa shape index (κ2) is 4.87. The second-order valence-corrected chi connectivity index (χ2v) is 7.18. The van der Waals surface area contributed by atoms with E-state index in [4.69, 9.17) is 4.84 Å². The van der Waals surface area contributed by atoms with Gasteiger partial charge in [-0.2, -0.15) is 0 Å². The molecule has 4 atom stereocenters. The molecular formula is C19H23NO2. The van der Waals surface area contributed by atoms with Crippen molar-refractivity contribution in [3.05, 3.63) is 35.4 Å². The Hall–Kier alpha value is -1.77. The van der Waals surface area contributed by atoms with E-state index in [0.717, 1.165) is 6.42 Å². The number of oxime groups is 1. The average molecular weight is 297 g/mol. The third-order valence-corrected chi connectivity index (χ3v) is 6.24. The second-order valence-electron chi connectivity index (χ2n) is 7.18. The Kier molecular flexibility index (Phi) is 3.07. The van der Waals surface area contributed by atoms with Gasteiger partial charge in [-0.05, 0) is 66.7 Å². The van der Waals surface area contributed by atoms with Crippen molar-refractivity contribution in [2.45, 2.75) is 38.5 Å². The molecule has 3 aliphatic carbocycles. The van der Waals surface area contributed by atoms with Gasteiger partial charge in [0, 0.05) is 5.41 Å². The minimum absolute atomic E-state index is 0.190. The molecule has 1 N–H and O–H groups in total. The van der Waals surface area contributed by atoms with Crippen LogP contribution in [0.25, 0.3) is 6.08 Å². The molecule has 0 heterocycles. The van der Waals surface area contributed by atoms with Crippen molar-refractivity contribution >= 4 is 11.8 Å². The maximum atomic E-state index is 9.71. The number of allylic oxidation sites excluding steroid dienone is 1. The van der Waals surface area contributed by atoms with Crippen molar-refractivity contribution in [2.75, 3.05) is 7.11 Å². The highest BCUT2D eigenvalue weighted by Crippen LogP contribution is 2.59. The number of phenolic OH excluding ortho intramolecular Hbond substituents is 1. The zero-order valence-electron chi connectivity index (χ0n) is 13.2. The largest absolute Gasteiger partial charge is 0.508 e. The summed E-state index contributed by atoms with van der Waals surface area (Å²) in [5, 5.41) is 14.0. The van der Waals surface area contributed by atoms with E-state index in [9.17, 15) is 5.11 Å². The van der Waals surface area contributed by atoms with Gasteiger partial charge in [0.2, 0.25) is 0 Å². The summed E-state index contributed by atoms with van der Waals surface area (Å²) < 4.78 is 0. The van der Waals surface area contributed by atoms with Gasteiger partial charge in [0.1, 0.15) is 12.9 Å². The van der Waals surface area contributed by atoms with E-state index < -0.39 is 0 Å². The van der Waals surface area contributed by atoms with Gasteiger partial charge in [-0.3, -0.25) is 0 Å². The molecule has 0 amide bonds. The lowest BCUT2D eigenvalue weighted by Crippen LogP contribution is -2.41. The molecule has 116 valence electrons. The monoisotopic (exact) mass is 297 g/mol. The topological polar surface area (TPSA) is 41.8 Å². The lowest BCUT2D eigenvalue weighted by Gasteiger charge is -2.47. The molecule has 0 saturated heterocycles. The van der Waals surface area contributed by atoms with Crippen molar-refractivity contribution in [3.63, 3.8) is 0 Å². The molecule has 22 heavy (non-hydrogen) atoms. The number of phenols is 1. The summed E-state index contributed by atoms with van der Waals surface area (Å²) in [6.45, 7) is 2.37. The van der Waals surface area contributed by atoms with Crippen LogP contribution >= 0.6 is 0 Å². The Labute approximate surface area is 131 Å². The predicted octanol–water partition coefficient (Wildman–Crippen LogP) is 4.33. The Balaban J connectivity index is 1.72. The summed E-state index contributed by atoms with van der Waals surface area (Å²) in [7, 11) is 1.65. The van der Waals surface area contributed by atoms with Crippen molar-refractivity contribution < 1.29 is 9.94 Å². The molecule has 1 aromatic rings. The van der Waals surface area contributed by atoms with Crippen LogP contribution in [0.1, 0.15) is 49.7 Å². The first-order chi connectivity index (χ1) is 10.6. The summed E-state index contributed by atoms with van der Waals surface area (Å²) in [4.78, 5) is 5.09. The van der Waals surface area contributed by atoms with Crippen molar-refractivity contribution in [1.29, 1.82) is 0 Å². The molecule has 2 fully saturated rings. The average Bonchev–Trinajstić information content (AvgIpc) is 2.84. The van der Waals surface area contributed by atoms with Gasteiger partial charge in [-0.1, -0.05) is 30.3 Å². The molecule has 1 aromatic carbocycles. The zero-order chi connectivity index (χ0) is 15.3. The fourth-order valence-corrected chi connectivity index (χ4v) is 5.14. The van der Waals surface area contributed by atoms with E-state index in [1.165, 1.54) is 36.1 Å². The molecular weight excluding hydrogens is 274 g/mol. The highest BCUT2D eigenvalue weighted by atomic mass is 16.6. The van der Waals surface area contributed by atoms with Gasteiger partial charge in [0.25, 0.3) is 0 Å². The van der Waals surface area contributed by atoms with Gasteiger partial charge in [0.05, 0.1) is 5.71 Å². The predicted molar refractivity (Wildman–Crippen MR) is 87.9 cm³/mol. The number of rotatable bonds is 1. The highest BCUT2D eigenvalue weighted by Gasteiger charge is 2.53. The van der Waals surface area contributed by atoms with Gasteiger partial charge in [-0.25, -0.2) is 0 Å². The van der Waals surface area contributed by atoms with E-state index in [1.807, 2.05) is 12.1 Å². The molecule has 3 heteroatoms. The maximum Gasteiger partial charge on any atom is 0.116 e. The van der Waals surface area contributed by atoms with E-state index >= 15 is 0 Å². The number of nitrogens with zero attached hydrogens (tertiary/aromatic N) is 1. The summed E-state index contributed by atoms with van der Waals surface area (Å²) in [5.41, 5.74) is 4.04. The Morgan fingerprint density at radius 1 is 1.32 bits per heavy atom. The van der Waals surface area contributed by atoms with E-state index in [0.29, 0.717) is 23.5 Å². The highest BCUT2D eigenvalue weighted by molar-refractivity contribution is 5.92. The number of benzene rings is 1. The van der Waals surface area contributed by atoms with Crippen LogP contribution in [0.15, 0.2) is 29.4 Å². The van der Waals surface area contributed by atoms with Crippen molar-refractivity contribution in [3.8, 4) is 5.75 Å². The van der Waals surface area contributed by atoms with E-state index in [2.05, 4.69) is 30.3 Å². The van der Waals surface area contributed by atoms with E-state index in [1.54, 1.807) is 7.11 Å². The number of aromatic hydroxyl groups is 1. The van der Waals surface area contributed by atoms with Crippen LogP contribution in [-0.4, -0.2) is 17.9 Å². The smallest absolute Gasteiger partial charge is 0.116 e. The number of fused-ring (bicyclic) bond motifs is 5. The van der Waals surface area contributed by atoms with Crippen molar-refractivity contribution in [1.82, 2.24) is 0 Å². The first-order valence-electron chi connectivity index (χ1n) is 8.25. The maximum absolute atomic E-state index is 9.71. The molecule has 0 unspecified atom stereocenters. The minimum Gasteiger partial charge on any atom is -0.508 e. The van der Waals surface area contributed by atoms with Crippen LogP contribution in [0.2, 0.25) is 0 Å². The molecule has 3 nitrogen and oxygen atoms in total. The standard InChI is InChI=1S/C19H23NO2/c1-19-10-9-15-14-6-4-13(21)11-12(14)3-5-16(15)17(19)7-8-18(19)20-22-2/h3-6,11,15-17,21H,7-10H2,1-2H3/b20-18-/t15-,16-,17+,19+/m1/s1. The fourth-order valence-electron chi connectivity index (χ4n) is 5.14. The zero-order valence-corrected chi connectivity index (χ0v) is 13.2. The molecule has 4 rings (SSSR count). The SMILES string of the molecule is CO/N=C1/CC[C@H]2[C@@H]3C=Cc4cc(O)ccc4[C@H]3CC[C@]12C. The normalized spacial score (nSPS) is 37.5. The molecule has 2 saturated carbocycles. The number of hydrogen-bond donors (Lipinski definition) is 1. The lowest BCUT2D eigenvalue weighted by atomic mass is 9.57. The Morgan fingerprint density at radius 2 is 2.18 bits per heavy atom. The molecule has 0 aromatic heterocycles. The minimum atomic E-state index is 0.190. The summed E-state index contributed by atoms with van der Waals surface area (Å²) in [5.74, 6) is 2.18. The quantitative estimate of drug-likeness (QED) is 0.784. The van der Waals surface area contributed by atoms with Crippen LogP contribution < -0.4 is 0 Å². The Morgan fingerprint density at radius 3 is 3.00 bits per heavy atom. The van der Waals surface area contributed by atoms with Crippen LogP contribution in [0.4, 0.5) is 0 Å². The van der Waals surface area contributed by atoms with Crippen LogP contribution in [-0.2, 0) is 4.84 Å². The lowest BCUT2D eigenvalue weighted by molar-refractivity contribution is 0.133. The Bertz CT molecular complexity index is 663. The van der Waals surface area contributed by atoms with E-state index in [-0.39, 0.29) is 5.41 Å². The first kappa shape index (κ1) is 13.9. The molecule has 0 aliphatic heterocycles. The third kappa shape index (κ3) is 1.84. The van der Waals surface area contributed by atoms with Gasteiger partial charge in [0.15, 0.2) is 0 Å². The van der Waals surface area contributed by atoms with Crippen LogP contribution in [0, 0.1) is 17.3 Å². The third-order valence-electron chi connectivity index (χ3n) is 6.24. The molecule has 3 aliphatic rings. The summed E-state index contributed by atoms with van der Waals surface area (Å²) in [6, 6.07) is 5.84. The summed E-state index contributed by atoms with van der Waals surface area (Å²) >= 11 is 0. The van der Waals surface area contributed by atoms with Crippen molar-refractivity contribution in [2.24, 2.45) is 22.4 Å². The number of hydrogen-bond acceptors (Lipinski definition) is 3. The fraction of sp³-hybridized carbons (Fsp3) is 0.526. The molecule has 0 spiro atoms. The first-order valence-corrected chi connectivity index (χ1v) is 8.25. The summed E-state index contributed by atoms with van der Waals surface area (Å²) in [6.07, 6.45) is 9.21. The van der Waals surface area contributed by atoms with Gasteiger partial charge < -0.3 is 9.94 Å². The van der Waals surface area contributed by atoms with Gasteiger partial charge in [-0.15, -0.1) is 0 Å². The van der Waals surface area contributed by atoms with Gasteiger partial charge >= 0.3 is 0 Å².